The fourth-order valence-corrected chi connectivity index (χ4v) is 4.64. The van der Waals surface area contributed by atoms with E-state index in [2.05, 4.69) is 17.1 Å². The number of nitrogens with one attached hydrogen (secondary N) is 1. The molecule has 0 fully saturated rings. The van der Waals surface area contributed by atoms with Crippen molar-refractivity contribution in [2.75, 3.05) is 6.61 Å². The number of aromatic amines is 1. The first-order chi connectivity index (χ1) is 17.1. The van der Waals surface area contributed by atoms with Crippen molar-refractivity contribution in [3.63, 3.8) is 0 Å². The standard InChI is InChI=1S/C28H26ClN3O3/c1-2-3-15-35-21-12-9-19(10-13-21)27-24-25(22-16-20(29)11-14-23(22)33)30-31-26(24)28(34)32(27)17-18-7-5-4-6-8-18/h4-14,16,27,33H,2-3,15,17H2,1H3,(H,30,31). The minimum Gasteiger partial charge on any atom is -0.507 e. The molecule has 178 valence electrons. The Kier molecular flexibility index (Phi) is 6.47. The fraction of sp³-hybridized carbons (Fsp3) is 0.214. The van der Waals surface area contributed by atoms with Crippen molar-refractivity contribution in [3.8, 4) is 22.8 Å². The van der Waals surface area contributed by atoms with Gasteiger partial charge in [-0.1, -0.05) is 67.4 Å². The predicted molar refractivity (Wildman–Crippen MR) is 136 cm³/mol. The molecule has 1 unspecified atom stereocenters. The molecule has 6 nitrogen and oxygen atoms in total. The number of carbonyl (C=O) groups excluding carboxylic acids is 1. The molecule has 2 N–H and O–H groups in total. The third-order valence-corrected chi connectivity index (χ3v) is 6.47. The lowest BCUT2D eigenvalue weighted by Gasteiger charge is -2.27. The molecule has 7 heteroatoms. The van der Waals surface area contributed by atoms with Gasteiger partial charge >= 0.3 is 0 Å². The number of H-pyrrole nitrogens is 1. The van der Waals surface area contributed by atoms with Crippen molar-refractivity contribution < 1.29 is 14.6 Å². The molecule has 0 aliphatic carbocycles. The summed E-state index contributed by atoms with van der Waals surface area (Å²) in [4.78, 5) is 15.4. The number of halogens is 1. The van der Waals surface area contributed by atoms with Crippen LogP contribution in [0.1, 0.15) is 53.0 Å². The summed E-state index contributed by atoms with van der Waals surface area (Å²) in [6, 6.07) is 22.2. The monoisotopic (exact) mass is 487 g/mol. The lowest BCUT2D eigenvalue weighted by molar-refractivity contribution is 0.0730. The molecule has 1 aliphatic rings. The Bertz CT molecular complexity index is 1340. The maximum absolute atomic E-state index is 13.6. The van der Waals surface area contributed by atoms with E-state index >= 15 is 0 Å². The third-order valence-electron chi connectivity index (χ3n) is 6.24. The molecule has 0 saturated carbocycles. The van der Waals surface area contributed by atoms with Gasteiger partial charge in [0, 0.05) is 22.7 Å². The Balaban J connectivity index is 1.58. The van der Waals surface area contributed by atoms with Gasteiger partial charge in [0.2, 0.25) is 0 Å². The van der Waals surface area contributed by atoms with Crippen LogP contribution in [0.5, 0.6) is 11.5 Å². The van der Waals surface area contributed by atoms with Crippen LogP contribution in [0.3, 0.4) is 0 Å². The minimum absolute atomic E-state index is 0.0519. The summed E-state index contributed by atoms with van der Waals surface area (Å²) < 4.78 is 5.84. The van der Waals surface area contributed by atoms with Crippen LogP contribution in [-0.2, 0) is 6.54 Å². The van der Waals surface area contributed by atoms with E-state index in [0.717, 1.165) is 35.3 Å². The number of ether oxygens (including phenoxy) is 1. The smallest absolute Gasteiger partial charge is 0.273 e. The summed E-state index contributed by atoms with van der Waals surface area (Å²) in [7, 11) is 0. The summed E-state index contributed by atoms with van der Waals surface area (Å²) in [5.41, 5.74) is 4.09. The second kappa shape index (κ2) is 9.84. The highest BCUT2D eigenvalue weighted by Gasteiger charge is 2.42. The van der Waals surface area contributed by atoms with Crippen LogP contribution in [0.25, 0.3) is 11.3 Å². The summed E-state index contributed by atoms with van der Waals surface area (Å²) >= 11 is 6.23. The second-order valence-corrected chi connectivity index (χ2v) is 9.05. The highest BCUT2D eigenvalue weighted by atomic mass is 35.5. The topological polar surface area (TPSA) is 78.5 Å². The Hall–Kier alpha value is -3.77. The molecule has 3 aromatic carbocycles. The molecule has 0 radical (unpaired) electrons. The van der Waals surface area contributed by atoms with Crippen molar-refractivity contribution >= 4 is 17.5 Å². The van der Waals surface area contributed by atoms with E-state index in [-0.39, 0.29) is 11.7 Å². The molecule has 1 aliphatic heterocycles. The number of benzene rings is 3. The number of nitrogens with zero attached hydrogens (tertiary/aromatic N) is 2. The van der Waals surface area contributed by atoms with E-state index < -0.39 is 6.04 Å². The number of hydrogen-bond acceptors (Lipinski definition) is 4. The Morgan fingerprint density at radius 2 is 1.86 bits per heavy atom. The predicted octanol–water partition coefficient (Wildman–Crippen LogP) is 6.36. The molecule has 4 aromatic rings. The van der Waals surface area contributed by atoms with Crippen LogP contribution in [-0.4, -0.2) is 32.7 Å². The highest BCUT2D eigenvalue weighted by molar-refractivity contribution is 6.31. The van der Waals surface area contributed by atoms with E-state index in [9.17, 15) is 9.90 Å². The molecule has 0 spiro atoms. The zero-order chi connectivity index (χ0) is 24.4. The first-order valence-electron chi connectivity index (χ1n) is 11.7. The van der Waals surface area contributed by atoms with Gasteiger partial charge in [-0.3, -0.25) is 9.89 Å². The summed E-state index contributed by atoms with van der Waals surface area (Å²) in [6.07, 6.45) is 2.06. The van der Waals surface area contributed by atoms with Crippen LogP contribution in [0.4, 0.5) is 0 Å². The molecule has 2 heterocycles. The van der Waals surface area contributed by atoms with Crippen molar-refractivity contribution in [3.05, 3.63) is 100 Å². The summed E-state index contributed by atoms with van der Waals surface area (Å²) in [6.45, 7) is 3.23. The van der Waals surface area contributed by atoms with Gasteiger partial charge in [-0.05, 0) is 47.9 Å². The number of aromatic nitrogens is 2. The van der Waals surface area contributed by atoms with Crippen LogP contribution >= 0.6 is 11.6 Å². The number of unbranched alkanes of at least 4 members (excludes halogenated alkanes) is 1. The number of rotatable bonds is 8. The SMILES string of the molecule is CCCCOc1ccc(C2c3c(-c4cc(Cl)ccc4O)n[nH]c3C(=O)N2Cc2ccccc2)cc1. The van der Waals surface area contributed by atoms with Gasteiger partial charge < -0.3 is 14.7 Å². The van der Waals surface area contributed by atoms with Gasteiger partial charge in [0.25, 0.3) is 5.91 Å². The number of phenols is 1. The van der Waals surface area contributed by atoms with Crippen molar-refractivity contribution in [1.82, 2.24) is 15.1 Å². The summed E-state index contributed by atoms with van der Waals surface area (Å²) in [5.74, 6) is 0.703. The van der Waals surface area contributed by atoms with Crippen molar-refractivity contribution in [1.29, 1.82) is 0 Å². The fourth-order valence-electron chi connectivity index (χ4n) is 4.47. The van der Waals surface area contributed by atoms with E-state index in [1.54, 1.807) is 12.1 Å². The van der Waals surface area contributed by atoms with Crippen LogP contribution < -0.4 is 4.74 Å². The first-order valence-corrected chi connectivity index (χ1v) is 12.1. The first kappa shape index (κ1) is 23.0. The van der Waals surface area contributed by atoms with Gasteiger partial charge in [-0.2, -0.15) is 5.10 Å². The molecule has 0 saturated heterocycles. The highest BCUT2D eigenvalue weighted by Crippen LogP contribution is 2.45. The van der Waals surface area contributed by atoms with Crippen LogP contribution in [0.15, 0.2) is 72.8 Å². The van der Waals surface area contributed by atoms with E-state index in [0.29, 0.717) is 35.1 Å². The zero-order valence-corrected chi connectivity index (χ0v) is 20.1. The van der Waals surface area contributed by atoms with E-state index in [1.165, 1.54) is 6.07 Å². The maximum atomic E-state index is 13.6. The zero-order valence-electron chi connectivity index (χ0n) is 19.4. The molecule has 1 amide bonds. The van der Waals surface area contributed by atoms with Crippen molar-refractivity contribution in [2.24, 2.45) is 0 Å². The normalized spacial score (nSPS) is 14.9. The molecule has 1 atom stereocenters. The Labute approximate surface area is 209 Å². The maximum Gasteiger partial charge on any atom is 0.273 e. The molecular formula is C28H26ClN3O3. The van der Waals surface area contributed by atoms with Gasteiger partial charge in [0.1, 0.15) is 22.9 Å². The largest absolute Gasteiger partial charge is 0.507 e. The number of phenolic OH excluding ortho intramolecular Hbond substituents is 1. The number of aromatic hydroxyl groups is 1. The van der Waals surface area contributed by atoms with Gasteiger partial charge in [-0.15, -0.1) is 0 Å². The Morgan fingerprint density at radius 3 is 2.60 bits per heavy atom. The molecule has 1 aromatic heterocycles. The number of hydrogen-bond donors (Lipinski definition) is 2. The summed E-state index contributed by atoms with van der Waals surface area (Å²) in [5, 5.41) is 18.4. The quantitative estimate of drug-likeness (QED) is 0.283. The number of amides is 1. The van der Waals surface area contributed by atoms with Crippen LogP contribution in [0.2, 0.25) is 5.02 Å². The second-order valence-electron chi connectivity index (χ2n) is 8.61. The van der Waals surface area contributed by atoms with Crippen molar-refractivity contribution in [2.45, 2.75) is 32.4 Å². The lowest BCUT2D eigenvalue weighted by Crippen LogP contribution is -2.29. The molecular weight excluding hydrogens is 462 g/mol. The Morgan fingerprint density at radius 1 is 1.09 bits per heavy atom. The lowest BCUT2D eigenvalue weighted by atomic mass is 9.95. The molecule has 0 bridgehead atoms. The van der Waals surface area contributed by atoms with Gasteiger partial charge in [-0.25, -0.2) is 0 Å². The molecule has 35 heavy (non-hydrogen) atoms. The average molecular weight is 488 g/mol. The van der Waals surface area contributed by atoms with Gasteiger partial charge in [0.15, 0.2) is 0 Å². The van der Waals surface area contributed by atoms with Gasteiger partial charge in [0.05, 0.1) is 12.6 Å². The van der Waals surface area contributed by atoms with Crippen LogP contribution in [0, 0.1) is 0 Å². The van der Waals surface area contributed by atoms with E-state index in [1.807, 2.05) is 59.5 Å². The van der Waals surface area contributed by atoms with E-state index in [4.69, 9.17) is 16.3 Å². The minimum atomic E-state index is -0.394. The average Bonchev–Trinajstić information content (AvgIpc) is 3.41. The number of carbonyl (C=O) groups is 1. The number of fused-ring (bicyclic) bond motifs is 1. The molecule has 5 rings (SSSR count). The third kappa shape index (κ3) is 4.49.